The number of methoxy groups -OCH3 is 1. The van der Waals surface area contributed by atoms with Gasteiger partial charge in [-0.15, -0.1) is 0 Å². The van der Waals surface area contributed by atoms with Gasteiger partial charge in [-0.05, 0) is 35.8 Å². The van der Waals surface area contributed by atoms with E-state index in [1.165, 1.54) is 11.1 Å². The maximum Gasteiger partial charge on any atom is 0.118 e. The Labute approximate surface area is 102 Å². The van der Waals surface area contributed by atoms with Crippen molar-refractivity contribution in [3.05, 3.63) is 47.8 Å². The van der Waals surface area contributed by atoms with Crippen LogP contribution in [-0.2, 0) is 0 Å². The molecule has 0 fully saturated rings. The van der Waals surface area contributed by atoms with Crippen molar-refractivity contribution in [2.45, 2.75) is 6.42 Å². The Morgan fingerprint density at radius 1 is 1.24 bits per heavy atom. The summed E-state index contributed by atoms with van der Waals surface area (Å²) in [4.78, 5) is 2.06. The molecule has 0 radical (unpaired) electrons. The van der Waals surface area contributed by atoms with Crippen molar-refractivity contribution in [3.63, 3.8) is 0 Å². The highest BCUT2D eigenvalue weighted by atomic mass is 16.5. The van der Waals surface area contributed by atoms with Crippen LogP contribution >= 0.6 is 0 Å². The molecule has 0 aliphatic carbocycles. The molecular formula is C14H18N2O. The number of ether oxygens (including phenoxy) is 1. The Morgan fingerprint density at radius 3 is 2.59 bits per heavy atom. The average Bonchev–Trinajstić information content (AvgIpc) is 2.52. The van der Waals surface area contributed by atoms with Gasteiger partial charge in [-0.2, -0.15) is 0 Å². The lowest BCUT2D eigenvalue weighted by molar-refractivity contribution is 0.415. The fourth-order valence-corrected chi connectivity index (χ4v) is 1.86. The Hall–Kier alpha value is -1.90. The average molecular weight is 230 g/mol. The van der Waals surface area contributed by atoms with Crippen LogP contribution in [0.25, 0.3) is 5.57 Å². The summed E-state index contributed by atoms with van der Waals surface area (Å²) in [5, 5.41) is 0. The molecule has 0 atom stereocenters. The highest BCUT2D eigenvalue weighted by Crippen LogP contribution is 2.23. The molecule has 0 saturated heterocycles. The van der Waals surface area contributed by atoms with Gasteiger partial charge < -0.3 is 15.4 Å². The number of allylic oxidation sites excluding steroid dienone is 2. The van der Waals surface area contributed by atoms with Gasteiger partial charge >= 0.3 is 0 Å². The summed E-state index contributed by atoms with van der Waals surface area (Å²) in [5.74, 6) is 1.68. The Kier molecular flexibility index (Phi) is 3.38. The maximum absolute atomic E-state index is 5.98. The fourth-order valence-electron chi connectivity index (χ4n) is 1.86. The second kappa shape index (κ2) is 4.95. The van der Waals surface area contributed by atoms with E-state index < -0.39 is 0 Å². The van der Waals surface area contributed by atoms with Crippen LogP contribution < -0.4 is 10.5 Å². The number of hydrogen-bond donors (Lipinski definition) is 1. The second-order valence-corrected chi connectivity index (χ2v) is 4.17. The molecule has 2 rings (SSSR count). The highest BCUT2D eigenvalue weighted by Gasteiger charge is 2.07. The number of nitrogens with two attached hydrogens (primary N) is 1. The maximum atomic E-state index is 5.98. The van der Waals surface area contributed by atoms with E-state index in [4.69, 9.17) is 10.5 Å². The lowest BCUT2D eigenvalue weighted by Crippen LogP contribution is -2.23. The van der Waals surface area contributed by atoms with E-state index >= 15 is 0 Å². The van der Waals surface area contributed by atoms with Crippen LogP contribution in [0, 0.1) is 0 Å². The van der Waals surface area contributed by atoms with E-state index in [0.717, 1.165) is 24.5 Å². The largest absolute Gasteiger partial charge is 0.497 e. The summed E-state index contributed by atoms with van der Waals surface area (Å²) >= 11 is 0. The van der Waals surface area contributed by atoms with E-state index in [2.05, 4.69) is 23.1 Å². The molecule has 1 aliphatic heterocycles. The van der Waals surface area contributed by atoms with Crippen molar-refractivity contribution in [1.82, 2.24) is 4.90 Å². The van der Waals surface area contributed by atoms with Gasteiger partial charge in [0.05, 0.1) is 12.9 Å². The van der Waals surface area contributed by atoms with Crippen molar-refractivity contribution in [3.8, 4) is 5.75 Å². The van der Waals surface area contributed by atoms with E-state index in [9.17, 15) is 0 Å². The minimum Gasteiger partial charge on any atom is -0.497 e. The summed E-state index contributed by atoms with van der Waals surface area (Å²) in [5.41, 5.74) is 8.33. The Morgan fingerprint density at radius 2 is 1.94 bits per heavy atom. The third-order valence-corrected chi connectivity index (χ3v) is 3.00. The topological polar surface area (TPSA) is 38.5 Å². The molecule has 0 amide bonds. The quantitative estimate of drug-likeness (QED) is 0.846. The van der Waals surface area contributed by atoms with Crippen LogP contribution in [0.1, 0.15) is 12.0 Å². The van der Waals surface area contributed by atoms with E-state index in [1.807, 2.05) is 25.3 Å². The Balaban J connectivity index is 2.28. The molecule has 1 aromatic carbocycles. The molecule has 2 N–H and O–H groups in total. The van der Waals surface area contributed by atoms with Crippen LogP contribution in [-0.4, -0.2) is 25.6 Å². The third-order valence-electron chi connectivity index (χ3n) is 3.00. The van der Waals surface area contributed by atoms with Gasteiger partial charge in [0.2, 0.25) is 0 Å². The number of nitrogens with zero attached hydrogens (tertiary/aromatic N) is 1. The molecule has 90 valence electrons. The molecule has 0 spiro atoms. The van der Waals surface area contributed by atoms with Crippen molar-refractivity contribution >= 4 is 5.57 Å². The molecule has 0 saturated carbocycles. The van der Waals surface area contributed by atoms with Gasteiger partial charge in [0, 0.05) is 13.6 Å². The SMILES string of the molecule is COc1ccc(C2=CCCN(C)C(N)=C2)cc1. The van der Waals surface area contributed by atoms with E-state index in [0.29, 0.717) is 0 Å². The zero-order chi connectivity index (χ0) is 12.3. The lowest BCUT2D eigenvalue weighted by atomic mass is 10.0. The summed E-state index contributed by atoms with van der Waals surface area (Å²) < 4.78 is 5.15. The minimum absolute atomic E-state index is 0.810. The monoisotopic (exact) mass is 230 g/mol. The van der Waals surface area contributed by atoms with Crippen LogP contribution in [0.3, 0.4) is 0 Å². The van der Waals surface area contributed by atoms with Crippen molar-refractivity contribution in [2.75, 3.05) is 20.7 Å². The molecule has 3 heteroatoms. The predicted molar refractivity (Wildman–Crippen MR) is 70.5 cm³/mol. The minimum atomic E-state index is 0.810. The molecular weight excluding hydrogens is 212 g/mol. The fraction of sp³-hybridized carbons (Fsp3) is 0.286. The van der Waals surface area contributed by atoms with Gasteiger partial charge in [-0.3, -0.25) is 0 Å². The van der Waals surface area contributed by atoms with Gasteiger partial charge in [-0.1, -0.05) is 18.2 Å². The molecule has 1 aliphatic rings. The van der Waals surface area contributed by atoms with E-state index in [1.54, 1.807) is 7.11 Å². The van der Waals surface area contributed by atoms with Crippen molar-refractivity contribution < 1.29 is 4.74 Å². The van der Waals surface area contributed by atoms with Crippen LogP contribution in [0.4, 0.5) is 0 Å². The second-order valence-electron chi connectivity index (χ2n) is 4.17. The zero-order valence-electron chi connectivity index (χ0n) is 10.3. The standard InChI is InChI=1S/C14H18N2O/c1-16-9-3-4-12(10-14(16)15)11-5-7-13(17-2)8-6-11/h4-8,10H,3,9,15H2,1-2H3. The molecule has 1 heterocycles. The van der Waals surface area contributed by atoms with Gasteiger partial charge in [-0.25, -0.2) is 0 Å². The first-order valence-electron chi connectivity index (χ1n) is 5.73. The summed E-state index contributed by atoms with van der Waals surface area (Å²) in [6.07, 6.45) is 5.25. The molecule has 0 unspecified atom stereocenters. The summed E-state index contributed by atoms with van der Waals surface area (Å²) in [6, 6.07) is 8.04. The van der Waals surface area contributed by atoms with Gasteiger partial charge in [0.1, 0.15) is 5.75 Å². The molecule has 17 heavy (non-hydrogen) atoms. The first kappa shape index (κ1) is 11.6. The first-order chi connectivity index (χ1) is 8.20. The van der Waals surface area contributed by atoms with E-state index in [-0.39, 0.29) is 0 Å². The molecule has 0 aromatic heterocycles. The highest BCUT2D eigenvalue weighted by molar-refractivity contribution is 5.75. The lowest BCUT2D eigenvalue weighted by Gasteiger charge is -2.16. The Bertz CT molecular complexity index is 446. The zero-order valence-corrected chi connectivity index (χ0v) is 10.3. The molecule has 3 nitrogen and oxygen atoms in total. The number of rotatable bonds is 2. The van der Waals surface area contributed by atoms with Crippen molar-refractivity contribution in [1.29, 1.82) is 0 Å². The van der Waals surface area contributed by atoms with Crippen LogP contribution in [0.15, 0.2) is 42.2 Å². The van der Waals surface area contributed by atoms with Crippen molar-refractivity contribution in [2.24, 2.45) is 5.73 Å². The number of benzene rings is 1. The first-order valence-corrected chi connectivity index (χ1v) is 5.73. The third kappa shape index (κ3) is 2.61. The number of hydrogen-bond acceptors (Lipinski definition) is 3. The molecule has 1 aromatic rings. The van der Waals surface area contributed by atoms with Gasteiger partial charge in [0.15, 0.2) is 0 Å². The summed E-state index contributed by atoms with van der Waals surface area (Å²) in [6.45, 7) is 0.960. The van der Waals surface area contributed by atoms with Gasteiger partial charge in [0.25, 0.3) is 0 Å². The van der Waals surface area contributed by atoms with Crippen LogP contribution in [0.2, 0.25) is 0 Å². The molecule has 0 bridgehead atoms. The predicted octanol–water partition coefficient (Wildman–Crippen LogP) is 2.21. The normalized spacial score (nSPS) is 16.0. The smallest absolute Gasteiger partial charge is 0.118 e. The van der Waals surface area contributed by atoms with Crippen LogP contribution in [0.5, 0.6) is 5.75 Å². The summed E-state index contributed by atoms with van der Waals surface area (Å²) in [7, 11) is 3.68.